The minimum absolute atomic E-state index is 0.0973. The highest BCUT2D eigenvalue weighted by atomic mass is 16.5. The average Bonchev–Trinajstić information content (AvgIpc) is 3.02. The molecule has 0 unspecified atom stereocenters. The SMILES string of the molecule is COc1ccccc1[C@H]1C(C#N)=C(N)Oc2c1c(C)nn2Cc1ccccc1. The second-order valence-electron chi connectivity index (χ2n) is 6.61. The number of hydrogen-bond donors (Lipinski definition) is 1. The Morgan fingerprint density at radius 3 is 2.61 bits per heavy atom. The third-order valence-corrected chi connectivity index (χ3v) is 4.92. The summed E-state index contributed by atoms with van der Waals surface area (Å²) in [6.07, 6.45) is 0. The van der Waals surface area contributed by atoms with Crippen LogP contribution in [0.4, 0.5) is 0 Å². The zero-order chi connectivity index (χ0) is 19.7. The molecule has 6 nitrogen and oxygen atoms in total. The molecule has 2 aromatic carbocycles. The summed E-state index contributed by atoms with van der Waals surface area (Å²) < 4.78 is 13.2. The number of rotatable bonds is 4. The fourth-order valence-corrected chi connectivity index (χ4v) is 3.66. The van der Waals surface area contributed by atoms with Gasteiger partial charge >= 0.3 is 0 Å². The van der Waals surface area contributed by atoms with E-state index >= 15 is 0 Å². The van der Waals surface area contributed by atoms with Crippen LogP contribution in [0, 0.1) is 18.3 Å². The van der Waals surface area contributed by atoms with E-state index in [4.69, 9.17) is 15.2 Å². The minimum Gasteiger partial charge on any atom is -0.496 e. The first-order valence-electron chi connectivity index (χ1n) is 8.95. The Morgan fingerprint density at radius 2 is 1.89 bits per heavy atom. The average molecular weight is 372 g/mol. The van der Waals surface area contributed by atoms with Crippen molar-refractivity contribution in [2.75, 3.05) is 7.11 Å². The third kappa shape index (κ3) is 2.87. The summed E-state index contributed by atoms with van der Waals surface area (Å²) in [5.74, 6) is 0.958. The van der Waals surface area contributed by atoms with Gasteiger partial charge < -0.3 is 15.2 Å². The quantitative estimate of drug-likeness (QED) is 0.758. The summed E-state index contributed by atoms with van der Waals surface area (Å²) in [4.78, 5) is 0. The molecule has 4 rings (SSSR count). The van der Waals surface area contributed by atoms with Crippen LogP contribution in [0.5, 0.6) is 11.6 Å². The summed E-state index contributed by atoms with van der Waals surface area (Å²) in [6.45, 7) is 2.47. The van der Waals surface area contributed by atoms with Crippen LogP contribution in [0.25, 0.3) is 0 Å². The van der Waals surface area contributed by atoms with E-state index in [1.165, 1.54) is 0 Å². The van der Waals surface area contributed by atoms with E-state index in [1.54, 1.807) is 11.8 Å². The number of nitrogens with two attached hydrogens (primary N) is 1. The van der Waals surface area contributed by atoms with Gasteiger partial charge in [0.1, 0.15) is 17.4 Å². The Labute approximate surface area is 163 Å². The molecule has 1 aromatic heterocycles. The van der Waals surface area contributed by atoms with Crippen molar-refractivity contribution in [3.05, 3.63) is 88.4 Å². The molecule has 1 atom stereocenters. The predicted molar refractivity (Wildman–Crippen MR) is 105 cm³/mol. The molecule has 3 aromatic rings. The van der Waals surface area contributed by atoms with Crippen molar-refractivity contribution in [3.63, 3.8) is 0 Å². The van der Waals surface area contributed by atoms with Crippen molar-refractivity contribution >= 4 is 0 Å². The first-order chi connectivity index (χ1) is 13.6. The minimum atomic E-state index is -0.394. The van der Waals surface area contributed by atoms with Crippen molar-refractivity contribution in [3.8, 4) is 17.7 Å². The summed E-state index contributed by atoms with van der Waals surface area (Å²) in [6, 6.07) is 19.9. The second kappa shape index (κ2) is 7.12. The highest BCUT2D eigenvalue weighted by molar-refractivity contribution is 5.58. The molecule has 2 heterocycles. The highest BCUT2D eigenvalue weighted by Gasteiger charge is 2.37. The maximum absolute atomic E-state index is 9.78. The summed E-state index contributed by atoms with van der Waals surface area (Å²) in [5.41, 5.74) is 10.1. The van der Waals surface area contributed by atoms with E-state index in [0.717, 1.165) is 22.4 Å². The molecule has 0 saturated heterocycles. The third-order valence-electron chi connectivity index (χ3n) is 4.92. The molecule has 0 radical (unpaired) electrons. The van der Waals surface area contributed by atoms with Gasteiger partial charge in [-0.25, -0.2) is 4.68 Å². The molecule has 28 heavy (non-hydrogen) atoms. The Balaban J connectivity index is 1.88. The molecule has 6 heteroatoms. The standard InChI is InChI=1S/C22H20N4O2/c1-14-19-20(16-10-6-7-11-18(16)27-2)17(12-23)21(24)28-22(19)26(25-14)13-15-8-4-3-5-9-15/h3-11,20H,13,24H2,1-2H3/t20-/m0/s1. The van der Waals surface area contributed by atoms with Crippen LogP contribution >= 0.6 is 0 Å². The number of hydrogen-bond acceptors (Lipinski definition) is 5. The summed E-state index contributed by atoms with van der Waals surface area (Å²) in [7, 11) is 1.61. The van der Waals surface area contributed by atoms with Crippen molar-refractivity contribution in [1.82, 2.24) is 9.78 Å². The number of ether oxygens (including phenoxy) is 2. The lowest BCUT2D eigenvalue weighted by Crippen LogP contribution is -2.22. The number of fused-ring (bicyclic) bond motifs is 1. The van der Waals surface area contributed by atoms with Gasteiger partial charge in [0, 0.05) is 5.56 Å². The van der Waals surface area contributed by atoms with Gasteiger partial charge in [0.15, 0.2) is 0 Å². The smallest absolute Gasteiger partial charge is 0.224 e. The normalized spacial score (nSPS) is 15.5. The van der Waals surface area contributed by atoms with Gasteiger partial charge in [-0.1, -0.05) is 48.5 Å². The topological polar surface area (TPSA) is 86.1 Å². The number of allylic oxidation sites excluding steroid dienone is 1. The van der Waals surface area contributed by atoms with Gasteiger partial charge in [-0.05, 0) is 18.6 Å². The molecule has 0 fully saturated rings. The molecular weight excluding hydrogens is 352 g/mol. The Bertz CT molecular complexity index is 1090. The molecule has 0 saturated carbocycles. The summed E-state index contributed by atoms with van der Waals surface area (Å²) in [5, 5.41) is 14.5. The number of aromatic nitrogens is 2. The fourth-order valence-electron chi connectivity index (χ4n) is 3.66. The zero-order valence-electron chi connectivity index (χ0n) is 15.7. The number of benzene rings is 2. The van der Waals surface area contributed by atoms with Crippen molar-refractivity contribution < 1.29 is 9.47 Å². The van der Waals surface area contributed by atoms with E-state index in [0.29, 0.717) is 23.7 Å². The fraction of sp³-hybridized carbons (Fsp3) is 0.182. The highest BCUT2D eigenvalue weighted by Crippen LogP contribution is 2.46. The van der Waals surface area contributed by atoms with Crippen molar-refractivity contribution in [2.45, 2.75) is 19.4 Å². The molecule has 1 aliphatic rings. The zero-order valence-corrected chi connectivity index (χ0v) is 15.7. The molecule has 2 N–H and O–H groups in total. The Morgan fingerprint density at radius 1 is 1.18 bits per heavy atom. The molecule has 1 aliphatic heterocycles. The molecule has 0 aliphatic carbocycles. The van der Waals surface area contributed by atoms with E-state index < -0.39 is 5.92 Å². The van der Waals surface area contributed by atoms with Crippen molar-refractivity contribution in [1.29, 1.82) is 5.26 Å². The molecule has 0 spiro atoms. The summed E-state index contributed by atoms with van der Waals surface area (Å²) >= 11 is 0. The Hall–Kier alpha value is -3.72. The van der Waals surface area contributed by atoms with Gasteiger partial charge in [-0.15, -0.1) is 0 Å². The van der Waals surface area contributed by atoms with Gasteiger partial charge in [0.2, 0.25) is 11.8 Å². The Kier molecular flexibility index (Phi) is 4.50. The molecule has 140 valence electrons. The largest absolute Gasteiger partial charge is 0.496 e. The van der Waals surface area contributed by atoms with Crippen LogP contribution in [0.2, 0.25) is 0 Å². The number of para-hydroxylation sites is 1. The lowest BCUT2D eigenvalue weighted by atomic mass is 9.83. The van der Waals surface area contributed by atoms with Gasteiger partial charge in [0.05, 0.1) is 30.8 Å². The van der Waals surface area contributed by atoms with Crippen LogP contribution in [-0.4, -0.2) is 16.9 Å². The van der Waals surface area contributed by atoms with Crippen LogP contribution in [0.1, 0.15) is 28.3 Å². The predicted octanol–water partition coefficient (Wildman–Crippen LogP) is 3.47. The van der Waals surface area contributed by atoms with Gasteiger partial charge in [-0.3, -0.25) is 0 Å². The van der Waals surface area contributed by atoms with Crippen LogP contribution in [0.3, 0.4) is 0 Å². The monoisotopic (exact) mass is 372 g/mol. The van der Waals surface area contributed by atoms with Crippen LogP contribution in [-0.2, 0) is 6.54 Å². The molecular formula is C22H20N4O2. The first kappa shape index (κ1) is 17.7. The van der Waals surface area contributed by atoms with Gasteiger partial charge in [0.25, 0.3) is 0 Å². The number of methoxy groups -OCH3 is 1. The van der Waals surface area contributed by atoms with Crippen LogP contribution < -0.4 is 15.2 Å². The maximum Gasteiger partial charge on any atom is 0.224 e. The van der Waals surface area contributed by atoms with E-state index in [9.17, 15) is 5.26 Å². The first-order valence-corrected chi connectivity index (χ1v) is 8.95. The van der Waals surface area contributed by atoms with E-state index in [1.807, 2.05) is 61.5 Å². The lowest BCUT2D eigenvalue weighted by Gasteiger charge is -2.26. The number of nitriles is 1. The molecule has 0 bridgehead atoms. The number of aryl methyl sites for hydroxylation is 1. The van der Waals surface area contributed by atoms with E-state index in [-0.39, 0.29) is 5.88 Å². The maximum atomic E-state index is 9.78. The lowest BCUT2D eigenvalue weighted by molar-refractivity contribution is 0.350. The second-order valence-corrected chi connectivity index (χ2v) is 6.61. The van der Waals surface area contributed by atoms with Crippen molar-refractivity contribution in [2.24, 2.45) is 5.73 Å². The molecule has 0 amide bonds. The van der Waals surface area contributed by atoms with Crippen LogP contribution in [0.15, 0.2) is 66.1 Å². The van der Waals surface area contributed by atoms with E-state index in [2.05, 4.69) is 11.2 Å². The number of nitrogens with zero attached hydrogens (tertiary/aromatic N) is 3. The van der Waals surface area contributed by atoms with Gasteiger partial charge in [-0.2, -0.15) is 10.4 Å².